The van der Waals surface area contributed by atoms with Crippen LogP contribution < -0.4 is 5.32 Å². The van der Waals surface area contributed by atoms with Crippen LogP contribution in [0, 0.1) is 13.8 Å². The van der Waals surface area contributed by atoms with E-state index in [0.29, 0.717) is 6.42 Å². The van der Waals surface area contributed by atoms with Gasteiger partial charge in [0.15, 0.2) is 5.16 Å². The van der Waals surface area contributed by atoms with E-state index in [4.69, 9.17) is 4.74 Å². The van der Waals surface area contributed by atoms with Gasteiger partial charge in [0.25, 0.3) is 0 Å². The molecular formula is C20H27N3O3S. The van der Waals surface area contributed by atoms with Crippen LogP contribution in [0.25, 0.3) is 5.69 Å². The Balaban J connectivity index is 2.09. The zero-order valence-electron chi connectivity index (χ0n) is 16.5. The van der Waals surface area contributed by atoms with Crippen molar-refractivity contribution in [3.63, 3.8) is 0 Å². The van der Waals surface area contributed by atoms with Crippen molar-refractivity contribution in [2.24, 2.45) is 0 Å². The standard InChI is InChI=1S/C20H27N3O3S/c1-6-9-20(4,18(25)26-5)22-17(24)13-27-19-21-10-11-23(19)16-12-14(2)7-8-15(16)3/h7-8,10-12H,6,9,13H2,1-5H3,(H,22,24). The molecule has 0 aliphatic carbocycles. The highest BCUT2D eigenvalue weighted by atomic mass is 32.2. The predicted octanol–water partition coefficient (Wildman–Crippen LogP) is 3.43. The number of thioether (sulfide) groups is 1. The molecule has 1 N–H and O–H groups in total. The molecule has 0 aliphatic heterocycles. The first-order chi connectivity index (χ1) is 12.8. The number of hydrogen-bond donors (Lipinski definition) is 1. The molecule has 0 fully saturated rings. The molecule has 1 aromatic heterocycles. The van der Waals surface area contributed by atoms with Gasteiger partial charge in [0.2, 0.25) is 5.91 Å². The smallest absolute Gasteiger partial charge is 0.331 e. The first-order valence-electron chi connectivity index (χ1n) is 8.94. The Morgan fingerprint density at radius 1 is 1.33 bits per heavy atom. The van der Waals surface area contributed by atoms with Crippen LogP contribution in [0.15, 0.2) is 35.7 Å². The highest BCUT2D eigenvalue weighted by molar-refractivity contribution is 7.99. The Morgan fingerprint density at radius 2 is 2.07 bits per heavy atom. The third-order valence-electron chi connectivity index (χ3n) is 4.36. The number of rotatable bonds is 8. The average molecular weight is 390 g/mol. The van der Waals surface area contributed by atoms with E-state index in [9.17, 15) is 9.59 Å². The average Bonchev–Trinajstić information content (AvgIpc) is 3.09. The number of aryl methyl sites for hydroxylation is 2. The number of carbonyl (C=O) groups is 2. The van der Waals surface area contributed by atoms with Crippen LogP contribution in [0.5, 0.6) is 0 Å². The van der Waals surface area contributed by atoms with E-state index in [1.807, 2.05) is 31.5 Å². The maximum atomic E-state index is 12.4. The summed E-state index contributed by atoms with van der Waals surface area (Å²) in [6, 6.07) is 6.23. The number of carbonyl (C=O) groups excluding carboxylic acids is 2. The van der Waals surface area contributed by atoms with Crippen LogP contribution in [-0.4, -0.2) is 39.8 Å². The maximum absolute atomic E-state index is 12.4. The van der Waals surface area contributed by atoms with Crippen molar-refractivity contribution < 1.29 is 14.3 Å². The molecule has 6 nitrogen and oxygen atoms in total. The minimum atomic E-state index is -1.01. The van der Waals surface area contributed by atoms with Gasteiger partial charge in [-0.2, -0.15) is 0 Å². The monoisotopic (exact) mass is 389 g/mol. The van der Waals surface area contributed by atoms with Crippen molar-refractivity contribution in [2.45, 2.75) is 51.2 Å². The van der Waals surface area contributed by atoms with Crippen molar-refractivity contribution in [1.82, 2.24) is 14.9 Å². The molecule has 0 bridgehead atoms. The lowest BCUT2D eigenvalue weighted by Crippen LogP contribution is -2.53. The number of esters is 1. The van der Waals surface area contributed by atoms with E-state index in [1.165, 1.54) is 18.9 Å². The zero-order chi connectivity index (χ0) is 20.0. The van der Waals surface area contributed by atoms with E-state index in [1.54, 1.807) is 13.1 Å². The molecule has 0 radical (unpaired) electrons. The van der Waals surface area contributed by atoms with Gasteiger partial charge < -0.3 is 10.1 Å². The molecule has 2 rings (SSSR count). The van der Waals surface area contributed by atoms with Crippen molar-refractivity contribution in [2.75, 3.05) is 12.9 Å². The maximum Gasteiger partial charge on any atom is 0.331 e. The molecule has 0 spiro atoms. The molecule has 27 heavy (non-hydrogen) atoms. The Morgan fingerprint density at radius 3 is 2.74 bits per heavy atom. The second-order valence-electron chi connectivity index (χ2n) is 6.78. The lowest BCUT2D eigenvalue weighted by molar-refractivity contribution is -0.150. The summed E-state index contributed by atoms with van der Waals surface area (Å²) in [4.78, 5) is 28.9. The first-order valence-corrected chi connectivity index (χ1v) is 9.92. The largest absolute Gasteiger partial charge is 0.467 e. The first kappa shape index (κ1) is 21.0. The molecule has 1 amide bonds. The Bertz CT molecular complexity index is 819. The fourth-order valence-electron chi connectivity index (χ4n) is 2.97. The minimum absolute atomic E-state index is 0.165. The number of hydrogen-bond acceptors (Lipinski definition) is 5. The van der Waals surface area contributed by atoms with Crippen molar-refractivity contribution in [3.8, 4) is 5.69 Å². The minimum Gasteiger partial charge on any atom is -0.467 e. The fraction of sp³-hybridized carbons (Fsp3) is 0.450. The van der Waals surface area contributed by atoms with Crippen molar-refractivity contribution in [1.29, 1.82) is 0 Å². The summed E-state index contributed by atoms with van der Waals surface area (Å²) in [6.45, 7) is 7.75. The van der Waals surface area contributed by atoms with E-state index < -0.39 is 11.5 Å². The quantitative estimate of drug-likeness (QED) is 0.553. The molecule has 1 heterocycles. The van der Waals surface area contributed by atoms with Crippen molar-refractivity contribution >= 4 is 23.6 Å². The highest BCUT2D eigenvalue weighted by Gasteiger charge is 2.35. The van der Waals surface area contributed by atoms with Gasteiger partial charge in [0, 0.05) is 12.4 Å². The van der Waals surface area contributed by atoms with Gasteiger partial charge in [-0.3, -0.25) is 9.36 Å². The van der Waals surface area contributed by atoms with Crippen LogP contribution in [0.1, 0.15) is 37.8 Å². The molecule has 0 saturated carbocycles. The summed E-state index contributed by atoms with van der Waals surface area (Å²) >= 11 is 1.34. The predicted molar refractivity (Wildman–Crippen MR) is 107 cm³/mol. The molecule has 1 atom stereocenters. The number of ether oxygens (including phenoxy) is 1. The van der Waals surface area contributed by atoms with Crippen LogP contribution >= 0.6 is 11.8 Å². The molecule has 7 heteroatoms. The number of nitrogens with zero attached hydrogens (tertiary/aromatic N) is 2. The van der Waals surface area contributed by atoms with Gasteiger partial charge in [-0.1, -0.05) is 37.2 Å². The number of methoxy groups -OCH3 is 1. The van der Waals surface area contributed by atoms with E-state index >= 15 is 0 Å². The molecule has 0 aliphatic rings. The fourth-order valence-corrected chi connectivity index (χ4v) is 3.74. The molecule has 2 aromatic rings. The number of benzene rings is 1. The summed E-state index contributed by atoms with van der Waals surface area (Å²) in [5.74, 6) is -0.491. The van der Waals surface area contributed by atoms with Gasteiger partial charge in [0.1, 0.15) is 5.54 Å². The Hall–Kier alpha value is -2.28. The third kappa shape index (κ3) is 5.13. The lowest BCUT2D eigenvalue weighted by Gasteiger charge is -2.27. The summed E-state index contributed by atoms with van der Waals surface area (Å²) < 4.78 is 6.82. The second-order valence-corrected chi connectivity index (χ2v) is 7.72. The summed E-state index contributed by atoms with van der Waals surface area (Å²) in [5.41, 5.74) is 2.32. The normalized spacial score (nSPS) is 13.1. The summed E-state index contributed by atoms with van der Waals surface area (Å²) in [5, 5.41) is 3.55. The lowest BCUT2D eigenvalue weighted by atomic mass is 9.96. The van der Waals surface area contributed by atoms with Crippen LogP contribution in [0.4, 0.5) is 0 Å². The third-order valence-corrected chi connectivity index (χ3v) is 5.33. The van der Waals surface area contributed by atoms with Crippen LogP contribution in [-0.2, 0) is 14.3 Å². The van der Waals surface area contributed by atoms with E-state index in [-0.39, 0.29) is 11.7 Å². The highest BCUT2D eigenvalue weighted by Crippen LogP contribution is 2.24. The van der Waals surface area contributed by atoms with E-state index in [0.717, 1.165) is 28.4 Å². The van der Waals surface area contributed by atoms with E-state index in [2.05, 4.69) is 28.5 Å². The Kier molecular flexibility index (Phi) is 7.07. The molecule has 1 unspecified atom stereocenters. The molecule has 146 valence electrons. The van der Waals surface area contributed by atoms with Gasteiger partial charge in [-0.05, 0) is 44.4 Å². The van der Waals surface area contributed by atoms with Gasteiger partial charge in [-0.25, -0.2) is 9.78 Å². The van der Waals surface area contributed by atoms with Crippen LogP contribution in [0.2, 0.25) is 0 Å². The number of aromatic nitrogens is 2. The van der Waals surface area contributed by atoms with Crippen LogP contribution in [0.3, 0.4) is 0 Å². The second kappa shape index (κ2) is 9.08. The molecule has 1 aromatic carbocycles. The summed E-state index contributed by atoms with van der Waals surface area (Å²) in [7, 11) is 1.33. The molecular weight excluding hydrogens is 362 g/mol. The summed E-state index contributed by atoms with van der Waals surface area (Å²) in [6.07, 6.45) is 4.89. The molecule has 0 saturated heterocycles. The zero-order valence-corrected chi connectivity index (χ0v) is 17.4. The van der Waals surface area contributed by atoms with Gasteiger partial charge in [0.05, 0.1) is 18.6 Å². The SMILES string of the molecule is CCCC(C)(NC(=O)CSc1nccn1-c1cc(C)ccc1C)C(=O)OC. The number of imidazole rings is 1. The van der Waals surface area contributed by atoms with Gasteiger partial charge >= 0.3 is 5.97 Å². The van der Waals surface area contributed by atoms with Gasteiger partial charge in [-0.15, -0.1) is 0 Å². The topological polar surface area (TPSA) is 73.2 Å². The Labute approximate surface area is 164 Å². The number of nitrogens with one attached hydrogen (secondary N) is 1. The van der Waals surface area contributed by atoms with Crippen molar-refractivity contribution in [3.05, 3.63) is 41.7 Å². The number of amides is 1.